The molecule has 1 N–H and O–H groups in total. The maximum atomic E-state index is 12.5. The largest absolute Gasteiger partial charge is 0.341 e. The van der Waals surface area contributed by atoms with E-state index in [1.165, 1.54) is 17.5 Å². The molecule has 1 fully saturated rings. The van der Waals surface area contributed by atoms with E-state index in [0.29, 0.717) is 5.92 Å². The first-order chi connectivity index (χ1) is 9.00. The number of nitrogens with one attached hydrogen (secondary N) is 1. The van der Waals surface area contributed by atoms with Crippen LogP contribution < -0.4 is 5.32 Å². The third-order valence-corrected chi connectivity index (χ3v) is 4.33. The first kappa shape index (κ1) is 14.1. The number of carbonyl (C=O) groups is 1. The second-order valence-electron chi connectivity index (χ2n) is 5.72. The second kappa shape index (κ2) is 5.74. The molecule has 3 nitrogen and oxygen atoms in total. The highest BCUT2D eigenvalue weighted by Gasteiger charge is 2.21. The molecule has 1 aliphatic rings. The SMILES string of the molecule is Cc1ccc(C(=O)N(C)CC2CCNC2)c(C)c1C. The minimum atomic E-state index is 0.146. The van der Waals surface area contributed by atoms with Crippen molar-refractivity contribution < 1.29 is 4.79 Å². The van der Waals surface area contributed by atoms with Gasteiger partial charge in [0, 0.05) is 19.2 Å². The summed E-state index contributed by atoms with van der Waals surface area (Å²) < 4.78 is 0. The summed E-state index contributed by atoms with van der Waals surface area (Å²) in [4.78, 5) is 14.4. The molecule has 0 aliphatic carbocycles. The van der Waals surface area contributed by atoms with Gasteiger partial charge in [0.1, 0.15) is 0 Å². The molecule has 1 aliphatic heterocycles. The summed E-state index contributed by atoms with van der Waals surface area (Å²) in [5, 5.41) is 3.35. The van der Waals surface area contributed by atoms with Crippen LogP contribution in [0.15, 0.2) is 12.1 Å². The van der Waals surface area contributed by atoms with Crippen molar-refractivity contribution in [3.05, 3.63) is 34.4 Å². The van der Waals surface area contributed by atoms with E-state index < -0.39 is 0 Å². The van der Waals surface area contributed by atoms with Crippen LogP contribution in [0, 0.1) is 26.7 Å². The Morgan fingerprint density at radius 3 is 2.68 bits per heavy atom. The number of hydrogen-bond donors (Lipinski definition) is 1. The summed E-state index contributed by atoms with van der Waals surface area (Å²) in [5.74, 6) is 0.744. The highest BCUT2D eigenvalue weighted by molar-refractivity contribution is 5.95. The van der Waals surface area contributed by atoms with Crippen LogP contribution >= 0.6 is 0 Å². The molecule has 2 rings (SSSR count). The summed E-state index contributed by atoms with van der Waals surface area (Å²) in [6.45, 7) is 9.17. The van der Waals surface area contributed by atoms with E-state index in [1.54, 1.807) is 0 Å². The fourth-order valence-electron chi connectivity index (χ4n) is 2.73. The molecule has 0 spiro atoms. The number of amides is 1. The van der Waals surface area contributed by atoms with Gasteiger partial charge in [0.25, 0.3) is 5.91 Å². The maximum absolute atomic E-state index is 12.5. The van der Waals surface area contributed by atoms with Crippen molar-refractivity contribution in [1.29, 1.82) is 0 Å². The number of benzene rings is 1. The summed E-state index contributed by atoms with van der Waals surface area (Å²) in [5.41, 5.74) is 4.43. The Kier molecular flexibility index (Phi) is 4.25. The average molecular weight is 260 g/mol. The fourth-order valence-corrected chi connectivity index (χ4v) is 2.73. The number of rotatable bonds is 3. The van der Waals surface area contributed by atoms with Crippen molar-refractivity contribution in [3.63, 3.8) is 0 Å². The lowest BCUT2D eigenvalue weighted by Crippen LogP contribution is -2.33. The Bertz CT molecular complexity index is 476. The van der Waals surface area contributed by atoms with E-state index in [2.05, 4.69) is 19.2 Å². The van der Waals surface area contributed by atoms with E-state index >= 15 is 0 Å². The normalized spacial score (nSPS) is 18.6. The van der Waals surface area contributed by atoms with E-state index in [9.17, 15) is 4.79 Å². The number of carbonyl (C=O) groups excluding carboxylic acids is 1. The minimum Gasteiger partial charge on any atom is -0.341 e. The van der Waals surface area contributed by atoms with Gasteiger partial charge in [-0.05, 0) is 69.0 Å². The highest BCUT2D eigenvalue weighted by atomic mass is 16.2. The number of aryl methyl sites for hydroxylation is 1. The quantitative estimate of drug-likeness (QED) is 0.904. The summed E-state index contributed by atoms with van der Waals surface area (Å²) >= 11 is 0. The molecule has 1 saturated heterocycles. The van der Waals surface area contributed by atoms with Crippen LogP contribution in [0.4, 0.5) is 0 Å². The highest BCUT2D eigenvalue weighted by Crippen LogP contribution is 2.19. The minimum absolute atomic E-state index is 0.146. The molecule has 1 aromatic rings. The van der Waals surface area contributed by atoms with E-state index in [-0.39, 0.29) is 5.91 Å². The smallest absolute Gasteiger partial charge is 0.253 e. The van der Waals surface area contributed by atoms with Crippen LogP contribution in [0.1, 0.15) is 33.5 Å². The number of nitrogens with zero attached hydrogens (tertiary/aromatic N) is 1. The standard InChI is InChI=1S/C16H24N2O/c1-11-5-6-15(13(3)12(11)2)16(19)18(4)10-14-7-8-17-9-14/h5-6,14,17H,7-10H2,1-4H3. The Morgan fingerprint density at radius 1 is 1.32 bits per heavy atom. The summed E-state index contributed by atoms with van der Waals surface area (Å²) in [6, 6.07) is 4.00. The molecule has 19 heavy (non-hydrogen) atoms. The molecule has 0 aromatic heterocycles. The van der Waals surface area contributed by atoms with Crippen LogP contribution in [-0.2, 0) is 0 Å². The summed E-state index contributed by atoms with van der Waals surface area (Å²) in [6.07, 6.45) is 1.17. The van der Waals surface area contributed by atoms with Gasteiger partial charge in [-0.15, -0.1) is 0 Å². The topological polar surface area (TPSA) is 32.3 Å². The predicted molar refractivity (Wildman–Crippen MR) is 78.6 cm³/mol. The zero-order chi connectivity index (χ0) is 14.0. The Labute approximate surface area is 116 Å². The lowest BCUT2D eigenvalue weighted by Gasteiger charge is -2.22. The monoisotopic (exact) mass is 260 g/mol. The van der Waals surface area contributed by atoms with Crippen molar-refractivity contribution in [2.24, 2.45) is 5.92 Å². The first-order valence-corrected chi connectivity index (χ1v) is 7.03. The lowest BCUT2D eigenvalue weighted by molar-refractivity contribution is 0.0775. The van der Waals surface area contributed by atoms with Crippen molar-refractivity contribution in [2.45, 2.75) is 27.2 Å². The van der Waals surface area contributed by atoms with Crippen molar-refractivity contribution in [2.75, 3.05) is 26.7 Å². The molecular formula is C16H24N2O. The summed E-state index contributed by atoms with van der Waals surface area (Å²) in [7, 11) is 1.91. The van der Waals surface area contributed by atoms with Crippen LogP contribution in [0.25, 0.3) is 0 Å². The molecule has 1 unspecified atom stereocenters. The number of hydrogen-bond acceptors (Lipinski definition) is 2. The zero-order valence-electron chi connectivity index (χ0n) is 12.4. The molecule has 1 aromatic carbocycles. The van der Waals surface area contributed by atoms with Crippen LogP contribution in [0.3, 0.4) is 0 Å². The molecular weight excluding hydrogens is 236 g/mol. The Balaban J connectivity index is 2.12. The van der Waals surface area contributed by atoms with Gasteiger partial charge >= 0.3 is 0 Å². The van der Waals surface area contributed by atoms with Crippen LogP contribution in [0.2, 0.25) is 0 Å². The van der Waals surface area contributed by atoms with E-state index in [4.69, 9.17) is 0 Å². The molecule has 0 saturated carbocycles. The molecule has 1 amide bonds. The van der Waals surface area contributed by atoms with Crippen LogP contribution in [-0.4, -0.2) is 37.5 Å². The second-order valence-corrected chi connectivity index (χ2v) is 5.72. The van der Waals surface area contributed by atoms with Gasteiger partial charge in [-0.1, -0.05) is 6.07 Å². The molecule has 1 heterocycles. The van der Waals surface area contributed by atoms with E-state index in [1.807, 2.05) is 31.0 Å². The molecule has 0 radical (unpaired) electrons. The predicted octanol–water partition coefficient (Wildman–Crippen LogP) is 2.29. The van der Waals surface area contributed by atoms with Gasteiger partial charge in [-0.3, -0.25) is 4.79 Å². The molecule has 3 heteroatoms. The zero-order valence-corrected chi connectivity index (χ0v) is 12.4. The fraction of sp³-hybridized carbons (Fsp3) is 0.562. The van der Waals surface area contributed by atoms with E-state index in [0.717, 1.165) is 30.8 Å². The first-order valence-electron chi connectivity index (χ1n) is 7.03. The third kappa shape index (κ3) is 2.98. The van der Waals surface area contributed by atoms with Gasteiger partial charge in [-0.25, -0.2) is 0 Å². The maximum Gasteiger partial charge on any atom is 0.253 e. The molecule has 0 bridgehead atoms. The Morgan fingerprint density at radius 2 is 2.05 bits per heavy atom. The lowest BCUT2D eigenvalue weighted by atomic mass is 9.98. The van der Waals surface area contributed by atoms with Gasteiger partial charge in [0.15, 0.2) is 0 Å². The van der Waals surface area contributed by atoms with Gasteiger partial charge in [0.05, 0.1) is 0 Å². The van der Waals surface area contributed by atoms with Crippen molar-refractivity contribution in [3.8, 4) is 0 Å². The Hall–Kier alpha value is -1.35. The van der Waals surface area contributed by atoms with Crippen molar-refractivity contribution >= 4 is 5.91 Å². The van der Waals surface area contributed by atoms with Gasteiger partial charge < -0.3 is 10.2 Å². The van der Waals surface area contributed by atoms with Gasteiger partial charge in [0.2, 0.25) is 0 Å². The molecule has 1 atom stereocenters. The third-order valence-electron chi connectivity index (χ3n) is 4.33. The van der Waals surface area contributed by atoms with Gasteiger partial charge in [-0.2, -0.15) is 0 Å². The average Bonchev–Trinajstić information content (AvgIpc) is 2.88. The molecule has 104 valence electrons. The van der Waals surface area contributed by atoms with Crippen LogP contribution in [0.5, 0.6) is 0 Å². The van der Waals surface area contributed by atoms with Crippen molar-refractivity contribution in [1.82, 2.24) is 10.2 Å².